The molecule has 1 fully saturated rings. The number of hydrogen-bond donors (Lipinski definition) is 4. The summed E-state index contributed by atoms with van der Waals surface area (Å²) < 4.78 is 0. The Morgan fingerprint density at radius 3 is 2.63 bits per heavy atom. The van der Waals surface area contributed by atoms with Gasteiger partial charge >= 0.3 is 5.97 Å². The Hall–Kier alpha value is -3.12. The molecule has 1 aromatic carbocycles. The third kappa shape index (κ3) is 3.71. The lowest BCUT2D eigenvalue weighted by Crippen LogP contribution is -2.70. The number of carboxylic acids is 1. The van der Waals surface area contributed by atoms with Crippen LogP contribution in [0.2, 0.25) is 0 Å². The summed E-state index contributed by atoms with van der Waals surface area (Å²) in [5.74, 6) is -1.61. The molecule has 3 heterocycles. The molecule has 2 aromatic rings. The zero-order valence-corrected chi connectivity index (χ0v) is 17.3. The fraction of sp³-hybridized carbons (Fsp3) is 0.278. The van der Waals surface area contributed by atoms with Crippen LogP contribution in [0.15, 0.2) is 30.0 Å². The van der Waals surface area contributed by atoms with Gasteiger partial charge in [0.05, 0.1) is 6.54 Å². The number of aromatic hydroxyl groups is 1. The SMILES string of the molecule is Cc1nnc(C2=C(C(=O)O)N3C(=O)C(NC(=O)CNc4ccc(O)cc4)[C@H]3SC2)s1. The monoisotopic (exact) mass is 447 g/mol. The number of rotatable bonds is 6. The maximum Gasteiger partial charge on any atom is 0.353 e. The number of carbonyl (C=O) groups is 3. The Balaban J connectivity index is 1.44. The highest BCUT2D eigenvalue weighted by Crippen LogP contribution is 2.43. The van der Waals surface area contributed by atoms with Crippen molar-refractivity contribution < 1.29 is 24.6 Å². The molecule has 0 spiro atoms. The number of nitrogens with zero attached hydrogens (tertiary/aromatic N) is 3. The number of aromatic nitrogens is 2. The number of amides is 2. The Morgan fingerprint density at radius 2 is 2.00 bits per heavy atom. The Labute approximate surface area is 179 Å². The van der Waals surface area contributed by atoms with Crippen LogP contribution < -0.4 is 10.6 Å². The quantitative estimate of drug-likeness (QED) is 0.374. The average Bonchev–Trinajstić information content (AvgIpc) is 3.16. The van der Waals surface area contributed by atoms with E-state index in [0.29, 0.717) is 27.0 Å². The fourth-order valence-electron chi connectivity index (χ4n) is 3.19. The van der Waals surface area contributed by atoms with Gasteiger partial charge in [-0.15, -0.1) is 22.0 Å². The van der Waals surface area contributed by atoms with Gasteiger partial charge in [-0.2, -0.15) is 0 Å². The smallest absolute Gasteiger partial charge is 0.353 e. The summed E-state index contributed by atoms with van der Waals surface area (Å²) in [6.45, 7) is 1.70. The van der Waals surface area contributed by atoms with E-state index in [1.807, 2.05) is 0 Å². The molecular weight excluding hydrogens is 430 g/mol. The normalized spacial score (nSPS) is 20.4. The number of aryl methyl sites for hydroxylation is 1. The zero-order valence-electron chi connectivity index (χ0n) is 15.7. The van der Waals surface area contributed by atoms with E-state index < -0.39 is 29.2 Å². The Bertz CT molecular complexity index is 1050. The molecule has 10 nitrogen and oxygen atoms in total. The average molecular weight is 447 g/mol. The summed E-state index contributed by atoms with van der Waals surface area (Å²) in [5.41, 5.74) is 0.999. The maximum atomic E-state index is 12.7. The van der Waals surface area contributed by atoms with Crippen LogP contribution in [-0.4, -0.2) is 66.8 Å². The minimum absolute atomic E-state index is 0.0666. The van der Waals surface area contributed by atoms with Crippen molar-refractivity contribution in [2.75, 3.05) is 17.6 Å². The maximum absolute atomic E-state index is 12.7. The first kappa shape index (κ1) is 20.2. The third-order valence-corrected chi connectivity index (χ3v) is 6.77. The first-order valence-corrected chi connectivity index (χ1v) is 10.8. The van der Waals surface area contributed by atoms with E-state index in [1.165, 1.54) is 40.1 Å². The first-order valence-electron chi connectivity index (χ1n) is 8.89. The third-order valence-electron chi connectivity index (χ3n) is 4.59. The molecule has 2 aliphatic heterocycles. The number of thioether (sulfide) groups is 1. The number of phenols is 1. The number of phenolic OH excluding ortho intramolecular Hbond substituents is 1. The van der Waals surface area contributed by atoms with Crippen LogP contribution in [0.4, 0.5) is 5.69 Å². The van der Waals surface area contributed by atoms with Crippen LogP contribution in [0.5, 0.6) is 5.75 Å². The molecule has 0 radical (unpaired) electrons. The van der Waals surface area contributed by atoms with Crippen LogP contribution in [0.25, 0.3) is 5.57 Å². The number of nitrogens with one attached hydrogen (secondary N) is 2. The number of benzene rings is 1. The predicted octanol–water partition coefficient (Wildman–Crippen LogP) is 0.860. The van der Waals surface area contributed by atoms with Gasteiger partial charge in [-0.05, 0) is 31.2 Å². The van der Waals surface area contributed by atoms with Gasteiger partial charge in [0.25, 0.3) is 5.91 Å². The van der Waals surface area contributed by atoms with Gasteiger partial charge in [-0.3, -0.25) is 14.5 Å². The lowest BCUT2D eigenvalue weighted by atomic mass is 10.0. The fourth-order valence-corrected chi connectivity index (χ4v) is 5.36. The van der Waals surface area contributed by atoms with Gasteiger partial charge in [0.1, 0.15) is 32.9 Å². The number of carbonyl (C=O) groups excluding carboxylic acids is 2. The zero-order chi connectivity index (χ0) is 21.4. The van der Waals surface area contributed by atoms with Gasteiger partial charge in [0.15, 0.2) is 0 Å². The second-order valence-electron chi connectivity index (χ2n) is 6.61. The highest BCUT2D eigenvalue weighted by molar-refractivity contribution is 8.00. The van der Waals surface area contributed by atoms with Crippen molar-refractivity contribution in [2.45, 2.75) is 18.3 Å². The van der Waals surface area contributed by atoms with E-state index >= 15 is 0 Å². The molecule has 4 N–H and O–H groups in total. The van der Waals surface area contributed by atoms with E-state index in [9.17, 15) is 24.6 Å². The summed E-state index contributed by atoms with van der Waals surface area (Å²) >= 11 is 2.65. The van der Waals surface area contributed by atoms with Crippen LogP contribution in [0.3, 0.4) is 0 Å². The van der Waals surface area contributed by atoms with E-state index in [-0.39, 0.29) is 18.0 Å². The van der Waals surface area contributed by atoms with Gasteiger partial charge in [0.2, 0.25) is 5.91 Å². The number of anilines is 1. The number of β-lactam (4-membered cyclic amide) rings is 1. The topological polar surface area (TPSA) is 145 Å². The molecule has 156 valence electrons. The molecule has 12 heteroatoms. The van der Waals surface area contributed by atoms with E-state index in [0.717, 1.165) is 0 Å². The second-order valence-corrected chi connectivity index (χ2v) is 8.90. The lowest BCUT2D eigenvalue weighted by Gasteiger charge is -2.49. The highest BCUT2D eigenvalue weighted by Gasteiger charge is 2.54. The summed E-state index contributed by atoms with van der Waals surface area (Å²) in [7, 11) is 0. The molecule has 2 atom stereocenters. The first-order chi connectivity index (χ1) is 14.3. The van der Waals surface area contributed by atoms with Gasteiger partial charge in [-0.25, -0.2) is 4.79 Å². The van der Waals surface area contributed by atoms with Crippen molar-refractivity contribution in [3.63, 3.8) is 0 Å². The molecule has 0 bridgehead atoms. The van der Waals surface area contributed by atoms with Crippen molar-refractivity contribution in [3.05, 3.63) is 40.0 Å². The molecule has 30 heavy (non-hydrogen) atoms. The van der Waals surface area contributed by atoms with E-state index in [2.05, 4.69) is 20.8 Å². The van der Waals surface area contributed by atoms with Crippen LogP contribution in [-0.2, 0) is 14.4 Å². The number of carboxylic acid groups (broad SMARTS) is 1. The second kappa shape index (κ2) is 7.95. The standard InChI is InChI=1S/C18H17N5O5S2/c1-8-21-22-15(30-8)11-7-29-17-13(16(26)23(17)14(11)18(27)28)20-12(25)6-19-9-2-4-10(24)5-3-9/h2-5,13,17,19,24H,6-7H2,1H3,(H,20,25)(H,27,28)/t13?,17-/m1/s1. The largest absolute Gasteiger partial charge is 0.508 e. The highest BCUT2D eigenvalue weighted by atomic mass is 32.2. The molecule has 1 aromatic heterocycles. The summed E-state index contributed by atoms with van der Waals surface area (Å²) in [5, 5.41) is 33.2. The summed E-state index contributed by atoms with van der Waals surface area (Å²) in [6, 6.07) is 5.43. The van der Waals surface area contributed by atoms with Crippen molar-refractivity contribution in [1.29, 1.82) is 0 Å². The summed E-state index contributed by atoms with van der Waals surface area (Å²) in [4.78, 5) is 38.0. The minimum atomic E-state index is -1.21. The van der Waals surface area contributed by atoms with Gasteiger partial charge in [0, 0.05) is 17.0 Å². The summed E-state index contributed by atoms with van der Waals surface area (Å²) in [6.07, 6.45) is 0. The Kier molecular flexibility index (Phi) is 5.35. The van der Waals surface area contributed by atoms with Crippen molar-refractivity contribution >= 4 is 52.1 Å². The van der Waals surface area contributed by atoms with Gasteiger partial charge < -0.3 is 20.8 Å². The number of hydrogen-bond acceptors (Lipinski definition) is 9. The number of fused-ring (bicyclic) bond motifs is 1. The van der Waals surface area contributed by atoms with E-state index in [1.54, 1.807) is 19.1 Å². The lowest BCUT2D eigenvalue weighted by molar-refractivity contribution is -0.150. The molecule has 1 unspecified atom stereocenters. The Morgan fingerprint density at radius 1 is 1.27 bits per heavy atom. The van der Waals surface area contributed by atoms with Crippen molar-refractivity contribution in [1.82, 2.24) is 20.4 Å². The van der Waals surface area contributed by atoms with Crippen molar-refractivity contribution in [2.24, 2.45) is 0 Å². The molecule has 1 saturated heterocycles. The minimum Gasteiger partial charge on any atom is -0.508 e. The predicted molar refractivity (Wildman–Crippen MR) is 111 cm³/mol. The van der Waals surface area contributed by atoms with Crippen LogP contribution in [0.1, 0.15) is 10.0 Å². The van der Waals surface area contributed by atoms with Gasteiger partial charge in [-0.1, -0.05) is 11.3 Å². The molecular formula is C18H17N5O5S2. The van der Waals surface area contributed by atoms with Crippen LogP contribution in [0, 0.1) is 6.92 Å². The molecule has 2 amide bonds. The van der Waals surface area contributed by atoms with Crippen molar-refractivity contribution in [3.8, 4) is 5.75 Å². The van der Waals surface area contributed by atoms with Crippen LogP contribution >= 0.6 is 23.1 Å². The van der Waals surface area contributed by atoms with E-state index in [4.69, 9.17) is 0 Å². The molecule has 0 saturated carbocycles. The number of aliphatic carboxylic acids is 1. The molecule has 2 aliphatic rings. The molecule has 4 rings (SSSR count). The molecule has 0 aliphatic carbocycles.